The Hall–Kier alpha value is -1.40. The molecule has 0 fully saturated rings. The second-order valence-electron chi connectivity index (χ2n) is 2.38. The monoisotopic (exact) mass is 231 g/mol. The molecule has 0 aliphatic heterocycles. The molecule has 0 spiro atoms. The lowest BCUT2D eigenvalue weighted by Gasteiger charge is -1.90. The lowest BCUT2D eigenvalue weighted by atomic mass is 10.3. The first-order valence-corrected chi connectivity index (χ1v) is 5.00. The van der Waals surface area contributed by atoms with Gasteiger partial charge in [0.15, 0.2) is 0 Å². The van der Waals surface area contributed by atoms with Gasteiger partial charge in [-0.25, -0.2) is 9.78 Å². The van der Waals surface area contributed by atoms with Crippen LogP contribution in [0.2, 0.25) is 0 Å². The van der Waals surface area contributed by atoms with Crippen molar-refractivity contribution in [1.29, 1.82) is 0 Å². The molecule has 0 atom stereocenters. The topological polar surface area (TPSA) is 79.7 Å². The second kappa shape index (κ2) is 7.95. The number of ether oxygens (including phenoxy) is 1. The van der Waals surface area contributed by atoms with E-state index in [-0.39, 0.29) is 6.61 Å². The predicted molar refractivity (Wildman–Crippen MR) is 56.9 cm³/mol. The molecule has 5 nitrogen and oxygen atoms in total. The summed E-state index contributed by atoms with van der Waals surface area (Å²) < 4.78 is 3.72. The molecule has 15 heavy (non-hydrogen) atoms. The highest BCUT2D eigenvalue weighted by Gasteiger charge is 1.97. The smallest absolute Gasteiger partial charge is 0.449 e. The van der Waals surface area contributed by atoms with Crippen molar-refractivity contribution in [1.82, 2.24) is 4.98 Å². The normalized spacial score (nSPS) is 8.67. The van der Waals surface area contributed by atoms with Crippen LogP contribution < -0.4 is 0 Å². The zero-order valence-corrected chi connectivity index (χ0v) is 9.16. The van der Waals surface area contributed by atoms with Crippen LogP contribution in [0.1, 0.15) is 10.6 Å². The van der Waals surface area contributed by atoms with Crippen molar-refractivity contribution >= 4 is 17.5 Å². The molecule has 6 heteroatoms. The van der Waals surface area contributed by atoms with Gasteiger partial charge < -0.3 is 14.9 Å². The summed E-state index contributed by atoms with van der Waals surface area (Å²) in [5.74, 6) is 0. The molecule has 0 aliphatic rings. The molecule has 0 saturated carbocycles. The van der Waals surface area contributed by atoms with Crippen LogP contribution in [0.15, 0.2) is 18.4 Å². The van der Waals surface area contributed by atoms with Gasteiger partial charge in [0.1, 0.15) is 0 Å². The van der Waals surface area contributed by atoms with Crippen molar-refractivity contribution in [3.8, 4) is 0 Å². The van der Waals surface area contributed by atoms with Crippen LogP contribution in [0.4, 0.5) is 4.79 Å². The van der Waals surface area contributed by atoms with E-state index in [4.69, 9.17) is 10.2 Å². The Morgan fingerprint density at radius 1 is 1.80 bits per heavy atom. The summed E-state index contributed by atoms with van der Waals surface area (Å²) in [7, 11) is 0. The minimum atomic E-state index is -1.33. The van der Waals surface area contributed by atoms with Crippen LogP contribution >= 0.6 is 11.3 Å². The van der Waals surface area contributed by atoms with E-state index >= 15 is 0 Å². The molecule has 0 aliphatic carbocycles. The quantitative estimate of drug-likeness (QED) is 0.612. The maximum absolute atomic E-state index is 9.31. The van der Waals surface area contributed by atoms with Crippen LogP contribution in [0.5, 0.6) is 0 Å². The van der Waals surface area contributed by atoms with Gasteiger partial charge in [0.05, 0.1) is 17.5 Å². The van der Waals surface area contributed by atoms with Crippen molar-refractivity contribution in [3.63, 3.8) is 0 Å². The number of nitrogens with zero attached hydrogens (tertiary/aromatic N) is 1. The summed E-state index contributed by atoms with van der Waals surface area (Å²) in [6.45, 7) is 5.18. The number of aryl methyl sites for hydroxylation is 1. The van der Waals surface area contributed by atoms with E-state index in [1.807, 2.05) is 6.92 Å². The molecule has 1 aromatic rings. The minimum Gasteiger partial charge on any atom is -0.449 e. The predicted octanol–water partition coefficient (Wildman–Crippen LogP) is 1.81. The third-order valence-electron chi connectivity index (χ3n) is 1.37. The average Bonchev–Trinajstić information content (AvgIpc) is 2.53. The number of hydrogen-bond donors (Lipinski definition) is 2. The molecule has 0 unspecified atom stereocenters. The minimum absolute atomic E-state index is 0.225. The first-order chi connectivity index (χ1) is 7.11. The van der Waals surface area contributed by atoms with Crippen molar-refractivity contribution < 1.29 is 19.7 Å². The number of rotatable bonds is 3. The fourth-order valence-electron chi connectivity index (χ4n) is 0.739. The van der Waals surface area contributed by atoms with Gasteiger partial charge in [-0.2, -0.15) is 0 Å². The Morgan fingerprint density at radius 3 is 2.73 bits per heavy atom. The lowest BCUT2D eigenvalue weighted by Crippen LogP contribution is -1.89. The van der Waals surface area contributed by atoms with E-state index in [1.54, 1.807) is 16.8 Å². The van der Waals surface area contributed by atoms with Crippen LogP contribution in [0.25, 0.3) is 0 Å². The van der Waals surface area contributed by atoms with Crippen LogP contribution in [-0.4, -0.2) is 28.0 Å². The summed E-state index contributed by atoms with van der Waals surface area (Å²) in [5, 5.41) is 16.2. The number of hydrogen-bond acceptors (Lipinski definition) is 5. The molecule has 0 amide bonds. The number of thiazole rings is 1. The summed E-state index contributed by atoms with van der Waals surface area (Å²) in [6, 6.07) is 0. The number of aromatic nitrogens is 1. The molecule has 1 aromatic heterocycles. The lowest BCUT2D eigenvalue weighted by molar-refractivity contribution is 0.128. The van der Waals surface area contributed by atoms with E-state index in [0.29, 0.717) is 0 Å². The molecule has 0 bridgehead atoms. The summed E-state index contributed by atoms with van der Waals surface area (Å²) in [6.07, 6.45) is 0.267. The fourth-order valence-corrected chi connectivity index (χ4v) is 1.51. The highest BCUT2D eigenvalue weighted by Crippen LogP contribution is 2.11. The van der Waals surface area contributed by atoms with Crippen LogP contribution in [0.3, 0.4) is 0 Å². The van der Waals surface area contributed by atoms with Gasteiger partial charge in [0, 0.05) is 17.9 Å². The van der Waals surface area contributed by atoms with Gasteiger partial charge in [-0.1, -0.05) is 6.58 Å². The van der Waals surface area contributed by atoms with Crippen molar-refractivity contribution in [3.05, 3.63) is 28.9 Å². The fraction of sp³-hybridized carbons (Fsp3) is 0.333. The van der Waals surface area contributed by atoms with E-state index < -0.39 is 6.16 Å². The maximum atomic E-state index is 9.31. The maximum Gasteiger partial charge on any atom is 0.510 e. The third kappa shape index (κ3) is 6.64. The molecular formula is C9H13NO4S. The van der Waals surface area contributed by atoms with Gasteiger partial charge in [0.25, 0.3) is 0 Å². The summed E-state index contributed by atoms with van der Waals surface area (Å²) in [4.78, 5) is 14.5. The van der Waals surface area contributed by atoms with Gasteiger partial charge in [-0.05, 0) is 6.92 Å². The standard InChI is InChI=1S/C6H9NOS.C3H4O3/c1-5-6(2-3-8)9-4-7-5;1-2-6-3(4)5/h4,8H,2-3H2,1H3;2H,1H2,(H,4,5). The Balaban J connectivity index is 0.000000288. The Bertz CT molecular complexity index is 311. The second-order valence-corrected chi connectivity index (χ2v) is 3.32. The SMILES string of the molecule is C=COC(=O)O.Cc1ncsc1CCO. The van der Waals surface area contributed by atoms with Crippen molar-refractivity contribution in [2.45, 2.75) is 13.3 Å². The average molecular weight is 231 g/mol. The van der Waals surface area contributed by atoms with Gasteiger partial charge in [0.2, 0.25) is 0 Å². The van der Waals surface area contributed by atoms with Crippen LogP contribution in [0, 0.1) is 6.92 Å². The van der Waals surface area contributed by atoms with E-state index in [1.165, 1.54) is 4.88 Å². The van der Waals surface area contributed by atoms with Gasteiger partial charge in [-0.15, -0.1) is 11.3 Å². The molecule has 0 aromatic carbocycles. The zero-order valence-electron chi connectivity index (χ0n) is 8.34. The molecule has 1 heterocycles. The number of aliphatic hydroxyl groups excluding tert-OH is 1. The molecule has 2 N–H and O–H groups in total. The summed E-state index contributed by atoms with van der Waals surface area (Å²) in [5.41, 5.74) is 2.86. The van der Waals surface area contributed by atoms with E-state index in [0.717, 1.165) is 18.4 Å². The first-order valence-electron chi connectivity index (χ1n) is 4.12. The first kappa shape index (κ1) is 13.6. The van der Waals surface area contributed by atoms with Gasteiger partial charge in [-0.3, -0.25) is 0 Å². The Labute approximate surface area is 91.7 Å². The summed E-state index contributed by atoms with van der Waals surface area (Å²) >= 11 is 1.60. The van der Waals surface area contributed by atoms with E-state index in [2.05, 4.69) is 16.3 Å². The molecule has 0 saturated heterocycles. The highest BCUT2D eigenvalue weighted by atomic mass is 32.1. The van der Waals surface area contributed by atoms with Crippen molar-refractivity contribution in [2.75, 3.05) is 6.61 Å². The zero-order chi connectivity index (χ0) is 11.7. The molecule has 84 valence electrons. The third-order valence-corrected chi connectivity index (χ3v) is 2.36. The van der Waals surface area contributed by atoms with E-state index in [9.17, 15) is 4.79 Å². The molecule has 0 radical (unpaired) electrons. The van der Waals surface area contributed by atoms with Gasteiger partial charge >= 0.3 is 6.16 Å². The Kier molecular flexibility index (Phi) is 7.21. The Morgan fingerprint density at radius 2 is 2.47 bits per heavy atom. The largest absolute Gasteiger partial charge is 0.510 e. The number of carbonyl (C=O) groups is 1. The molecular weight excluding hydrogens is 218 g/mol. The van der Waals surface area contributed by atoms with Crippen molar-refractivity contribution in [2.24, 2.45) is 0 Å². The number of carboxylic acid groups (broad SMARTS) is 1. The molecule has 1 rings (SSSR count). The highest BCUT2D eigenvalue weighted by molar-refractivity contribution is 7.09. The number of aliphatic hydroxyl groups is 1. The van der Waals surface area contributed by atoms with Crippen LogP contribution in [-0.2, 0) is 11.2 Å².